The lowest BCUT2D eigenvalue weighted by molar-refractivity contribution is 0.0854. The zero-order chi connectivity index (χ0) is 14.1. The maximum Gasteiger partial charge on any atom is 0.169 e. The Hall–Kier alpha value is -2.23. The van der Waals surface area contributed by atoms with Gasteiger partial charge in [-0.1, -0.05) is 18.2 Å². The minimum absolute atomic E-state index is 0.178. The van der Waals surface area contributed by atoms with Crippen molar-refractivity contribution in [2.45, 2.75) is 6.42 Å². The van der Waals surface area contributed by atoms with E-state index in [0.29, 0.717) is 6.42 Å². The average molecular weight is 274 g/mol. The summed E-state index contributed by atoms with van der Waals surface area (Å²) < 4.78 is 31.6. The second-order valence-corrected chi connectivity index (χ2v) is 4.81. The van der Waals surface area contributed by atoms with Crippen LogP contribution < -0.4 is 4.74 Å². The monoisotopic (exact) mass is 274 g/mol. The van der Waals surface area contributed by atoms with Gasteiger partial charge in [-0.15, -0.1) is 0 Å². The molecule has 0 spiro atoms. The van der Waals surface area contributed by atoms with E-state index in [1.54, 1.807) is 0 Å². The Morgan fingerprint density at radius 3 is 2.70 bits per heavy atom. The molecule has 1 heterocycles. The van der Waals surface area contributed by atoms with Crippen molar-refractivity contribution in [2.24, 2.45) is 5.92 Å². The molecule has 3 rings (SSSR count). The Morgan fingerprint density at radius 2 is 1.90 bits per heavy atom. The Balaban J connectivity index is 1.84. The average Bonchev–Trinajstić information content (AvgIpc) is 2.49. The van der Waals surface area contributed by atoms with E-state index >= 15 is 0 Å². The molecule has 4 heteroatoms. The highest BCUT2D eigenvalue weighted by Crippen LogP contribution is 2.28. The van der Waals surface area contributed by atoms with E-state index in [0.717, 1.165) is 23.4 Å². The number of carbonyl (C=O) groups excluding carboxylic acids is 1. The summed E-state index contributed by atoms with van der Waals surface area (Å²) >= 11 is 0. The van der Waals surface area contributed by atoms with Gasteiger partial charge in [-0.2, -0.15) is 0 Å². The van der Waals surface area contributed by atoms with E-state index in [4.69, 9.17) is 4.74 Å². The van der Waals surface area contributed by atoms with E-state index in [2.05, 4.69) is 0 Å². The third-order valence-electron chi connectivity index (χ3n) is 3.45. The smallest absolute Gasteiger partial charge is 0.169 e. The van der Waals surface area contributed by atoms with E-state index < -0.39 is 11.6 Å². The van der Waals surface area contributed by atoms with Gasteiger partial charge in [-0.05, 0) is 36.2 Å². The van der Waals surface area contributed by atoms with Crippen molar-refractivity contribution in [3.8, 4) is 5.75 Å². The van der Waals surface area contributed by atoms with E-state index in [-0.39, 0.29) is 23.9 Å². The van der Waals surface area contributed by atoms with Crippen molar-refractivity contribution in [3.63, 3.8) is 0 Å². The molecule has 0 aromatic heterocycles. The summed E-state index contributed by atoms with van der Waals surface area (Å²) in [5.41, 5.74) is 1.14. The lowest BCUT2D eigenvalue weighted by atomic mass is 9.90. The van der Waals surface area contributed by atoms with Gasteiger partial charge in [0.2, 0.25) is 0 Å². The van der Waals surface area contributed by atoms with Crippen molar-refractivity contribution < 1.29 is 18.3 Å². The highest BCUT2D eigenvalue weighted by atomic mass is 19.2. The number of ketones is 1. The molecular formula is C16H12F2O2. The second kappa shape index (κ2) is 5.04. The summed E-state index contributed by atoms with van der Waals surface area (Å²) in [7, 11) is 0. The summed E-state index contributed by atoms with van der Waals surface area (Å²) in [6.07, 6.45) is 0.550. The molecule has 0 aliphatic carbocycles. The summed E-state index contributed by atoms with van der Waals surface area (Å²) in [6.45, 7) is 0.259. The summed E-state index contributed by atoms with van der Waals surface area (Å²) in [4.78, 5) is 12.3. The van der Waals surface area contributed by atoms with E-state index in [1.807, 2.05) is 24.3 Å². The summed E-state index contributed by atoms with van der Waals surface area (Å²) in [5, 5.41) is 0. The van der Waals surface area contributed by atoms with Gasteiger partial charge in [0.1, 0.15) is 5.75 Å². The fourth-order valence-corrected chi connectivity index (χ4v) is 2.38. The predicted molar refractivity (Wildman–Crippen MR) is 69.8 cm³/mol. The van der Waals surface area contributed by atoms with Crippen LogP contribution in [0.2, 0.25) is 0 Å². The first kappa shape index (κ1) is 12.8. The van der Waals surface area contributed by atoms with Crippen LogP contribution in [-0.2, 0) is 6.42 Å². The molecule has 1 unspecified atom stereocenters. The minimum Gasteiger partial charge on any atom is -0.493 e. The number of carbonyl (C=O) groups is 1. The van der Waals surface area contributed by atoms with Gasteiger partial charge in [-0.25, -0.2) is 8.78 Å². The van der Waals surface area contributed by atoms with Crippen molar-refractivity contribution in [2.75, 3.05) is 6.61 Å². The molecule has 2 aromatic rings. The Morgan fingerprint density at radius 1 is 1.10 bits per heavy atom. The van der Waals surface area contributed by atoms with Crippen LogP contribution in [0.1, 0.15) is 15.9 Å². The molecule has 0 saturated carbocycles. The van der Waals surface area contributed by atoms with E-state index in [9.17, 15) is 13.6 Å². The number of para-hydroxylation sites is 1. The molecule has 0 amide bonds. The number of hydrogen-bond acceptors (Lipinski definition) is 2. The predicted octanol–water partition coefficient (Wildman–Crippen LogP) is 3.40. The van der Waals surface area contributed by atoms with Crippen LogP contribution in [0.25, 0.3) is 0 Å². The third kappa shape index (κ3) is 2.29. The number of ether oxygens (including phenoxy) is 1. The Labute approximate surface area is 115 Å². The SMILES string of the molecule is O=C(c1ccc(F)c(F)c1)C1COc2ccccc2C1. The first-order valence-corrected chi connectivity index (χ1v) is 6.35. The topological polar surface area (TPSA) is 26.3 Å². The molecule has 20 heavy (non-hydrogen) atoms. The van der Waals surface area contributed by atoms with Crippen molar-refractivity contribution in [1.29, 1.82) is 0 Å². The van der Waals surface area contributed by atoms with E-state index in [1.165, 1.54) is 6.07 Å². The van der Waals surface area contributed by atoms with Crippen molar-refractivity contribution in [3.05, 3.63) is 65.2 Å². The number of hydrogen-bond donors (Lipinski definition) is 0. The zero-order valence-corrected chi connectivity index (χ0v) is 10.6. The number of fused-ring (bicyclic) bond motifs is 1. The molecule has 1 aliphatic heterocycles. The largest absolute Gasteiger partial charge is 0.493 e. The number of Topliss-reactive ketones (excluding diaryl/α,β-unsaturated/α-hetero) is 1. The molecular weight excluding hydrogens is 262 g/mol. The second-order valence-electron chi connectivity index (χ2n) is 4.81. The Bertz CT molecular complexity index is 667. The molecule has 1 aliphatic rings. The van der Waals surface area contributed by atoms with Gasteiger partial charge >= 0.3 is 0 Å². The highest BCUT2D eigenvalue weighted by molar-refractivity contribution is 5.98. The van der Waals surface area contributed by atoms with Gasteiger partial charge in [0.25, 0.3) is 0 Å². The molecule has 2 nitrogen and oxygen atoms in total. The molecule has 0 fully saturated rings. The minimum atomic E-state index is -1.01. The number of halogens is 2. The normalized spacial score (nSPS) is 17.2. The third-order valence-corrected chi connectivity index (χ3v) is 3.45. The van der Waals surface area contributed by atoms with Crippen LogP contribution in [0, 0.1) is 17.6 Å². The van der Waals surface area contributed by atoms with Crippen molar-refractivity contribution >= 4 is 5.78 Å². The molecule has 102 valence electrons. The summed E-state index contributed by atoms with van der Waals surface area (Å²) in [6, 6.07) is 10.7. The standard InChI is InChI=1S/C16H12F2O2/c17-13-6-5-11(8-14(13)18)16(19)12-7-10-3-1-2-4-15(10)20-9-12/h1-6,8,12H,7,9H2. The number of rotatable bonds is 2. The van der Waals surface area contributed by atoms with Gasteiger partial charge in [0, 0.05) is 5.56 Å². The zero-order valence-electron chi connectivity index (χ0n) is 10.6. The van der Waals surface area contributed by atoms with Crippen LogP contribution >= 0.6 is 0 Å². The first-order valence-electron chi connectivity index (χ1n) is 6.35. The molecule has 0 bridgehead atoms. The first-order chi connectivity index (χ1) is 9.65. The molecule has 1 atom stereocenters. The Kier molecular flexibility index (Phi) is 3.22. The van der Waals surface area contributed by atoms with Crippen LogP contribution in [0.5, 0.6) is 5.75 Å². The fraction of sp³-hybridized carbons (Fsp3) is 0.188. The van der Waals surface area contributed by atoms with Crippen molar-refractivity contribution in [1.82, 2.24) is 0 Å². The van der Waals surface area contributed by atoms with Gasteiger partial charge < -0.3 is 4.74 Å². The highest BCUT2D eigenvalue weighted by Gasteiger charge is 2.27. The van der Waals surface area contributed by atoms with Crippen LogP contribution in [0.3, 0.4) is 0 Å². The maximum atomic E-state index is 13.2. The van der Waals surface area contributed by atoms with Crippen LogP contribution in [-0.4, -0.2) is 12.4 Å². The fourth-order valence-electron chi connectivity index (χ4n) is 2.38. The molecule has 0 radical (unpaired) electrons. The van der Waals surface area contributed by atoms with Crippen LogP contribution in [0.4, 0.5) is 8.78 Å². The summed E-state index contributed by atoms with van der Waals surface area (Å²) in [5.74, 6) is -1.77. The quantitative estimate of drug-likeness (QED) is 0.785. The van der Waals surface area contributed by atoms with Gasteiger partial charge in [-0.3, -0.25) is 4.79 Å². The lowest BCUT2D eigenvalue weighted by Crippen LogP contribution is -2.28. The van der Waals surface area contributed by atoms with Gasteiger partial charge in [0.05, 0.1) is 12.5 Å². The molecule has 0 saturated heterocycles. The lowest BCUT2D eigenvalue weighted by Gasteiger charge is -2.24. The number of benzene rings is 2. The maximum absolute atomic E-state index is 13.2. The molecule has 0 N–H and O–H groups in total. The van der Waals surface area contributed by atoms with Crippen LogP contribution in [0.15, 0.2) is 42.5 Å². The molecule has 2 aromatic carbocycles. The van der Waals surface area contributed by atoms with Gasteiger partial charge in [0.15, 0.2) is 17.4 Å².